The van der Waals surface area contributed by atoms with E-state index in [1.807, 2.05) is 13.8 Å². The third-order valence-electron chi connectivity index (χ3n) is 3.18. The zero-order valence-corrected chi connectivity index (χ0v) is 10.8. The SMILES string of the molecule is CC(C)CNC(=O)NCC1(CO)CCOCC1. The van der Waals surface area contributed by atoms with Gasteiger partial charge in [0.05, 0.1) is 6.61 Å². The molecule has 1 rings (SSSR count). The van der Waals surface area contributed by atoms with Crippen LogP contribution in [0.15, 0.2) is 0 Å². The number of aliphatic hydroxyl groups is 1. The first-order chi connectivity index (χ1) is 8.08. The lowest BCUT2D eigenvalue weighted by atomic mass is 9.81. The predicted molar refractivity (Wildman–Crippen MR) is 65.8 cm³/mol. The highest BCUT2D eigenvalue weighted by Gasteiger charge is 2.32. The summed E-state index contributed by atoms with van der Waals surface area (Å²) < 4.78 is 5.27. The Morgan fingerprint density at radius 1 is 1.35 bits per heavy atom. The molecule has 0 aromatic rings. The van der Waals surface area contributed by atoms with Gasteiger partial charge in [0, 0.05) is 31.7 Å². The van der Waals surface area contributed by atoms with Gasteiger partial charge in [-0.3, -0.25) is 0 Å². The fraction of sp³-hybridized carbons (Fsp3) is 0.917. The van der Waals surface area contributed by atoms with Gasteiger partial charge in [0.1, 0.15) is 0 Å². The van der Waals surface area contributed by atoms with Crippen molar-refractivity contribution < 1.29 is 14.6 Å². The number of urea groups is 1. The number of aliphatic hydroxyl groups excluding tert-OH is 1. The molecule has 5 heteroatoms. The predicted octanol–water partition coefficient (Wildman–Crippen LogP) is 0.731. The molecule has 0 spiro atoms. The first-order valence-electron chi connectivity index (χ1n) is 6.28. The Hall–Kier alpha value is -0.810. The molecule has 1 saturated heterocycles. The molecule has 1 aliphatic heterocycles. The number of nitrogens with one attached hydrogen (secondary N) is 2. The molecular formula is C12H24N2O3. The summed E-state index contributed by atoms with van der Waals surface area (Å²) >= 11 is 0. The van der Waals surface area contributed by atoms with Crippen LogP contribution in [-0.2, 0) is 4.74 Å². The summed E-state index contributed by atoms with van der Waals surface area (Å²) in [4.78, 5) is 11.5. The van der Waals surface area contributed by atoms with Crippen LogP contribution in [0.5, 0.6) is 0 Å². The molecule has 3 N–H and O–H groups in total. The fourth-order valence-electron chi connectivity index (χ4n) is 1.82. The Balaban J connectivity index is 2.29. The van der Waals surface area contributed by atoms with E-state index in [1.54, 1.807) is 0 Å². The summed E-state index contributed by atoms with van der Waals surface area (Å²) in [5.74, 6) is 0.440. The molecule has 0 atom stereocenters. The Morgan fingerprint density at radius 2 is 2.00 bits per heavy atom. The molecule has 5 nitrogen and oxygen atoms in total. The highest BCUT2D eigenvalue weighted by molar-refractivity contribution is 5.73. The molecule has 0 bridgehead atoms. The third-order valence-corrected chi connectivity index (χ3v) is 3.18. The second-order valence-corrected chi connectivity index (χ2v) is 5.23. The van der Waals surface area contributed by atoms with Crippen LogP contribution < -0.4 is 10.6 Å². The van der Waals surface area contributed by atoms with Gasteiger partial charge >= 0.3 is 6.03 Å². The number of ether oxygens (including phenoxy) is 1. The van der Waals surface area contributed by atoms with Crippen molar-refractivity contribution in [2.45, 2.75) is 26.7 Å². The van der Waals surface area contributed by atoms with E-state index in [-0.39, 0.29) is 18.1 Å². The molecule has 1 fully saturated rings. The number of hydrogen-bond donors (Lipinski definition) is 3. The highest BCUT2D eigenvalue weighted by atomic mass is 16.5. The Bertz CT molecular complexity index is 238. The van der Waals surface area contributed by atoms with Gasteiger partial charge < -0.3 is 20.5 Å². The van der Waals surface area contributed by atoms with E-state index in [2.05, 4.69) is 10.6 Å². The van der Waals surface area contributed by atoms with Crippen LogP contribution in [0.2, 0.25) is 0 Å². The van der Waals surface area contributed by atoms with Crippen LogP contribution in [0.25, 0.3) is 0 Å². The summed E-state index contributed by atoms with van der Waals surface area (Å²) in [6, 6.07) is -0.155. The summed E-state index contributed by atoms with van der Waals surface area (Å²) in [7, 11) is 0. The van der Waals surface area contributed by atoms with Crippen molar-refractivity contribution in [3.05, 3.63) is 0 Å². The van der Waals surface area contributed by atoms with E-state index in [1.165, 1.54) is 0 Å². The number of rotatable bonds is 5. The number of hydrogen-bond acceptors (Lipinski definition) is 3. The lowest BCUT2D eigenvalue weighted by molar-refractivity contribution is -0.0138. The maximum Gasteiger partial charge on any atom is 0.314 e. The molecule has 0 radical (unpaired) electrons. The standard InChI is InChI=1S/C12H24N2O3/c1-10(2)7-13-11(16)14-8-12(9-15)3-5-17-6-4-12/h10,15H,3-9H2,1-2H3,(H2,13,14,16). The largest absolute Gasteiger partial charge is 0.396 e. The van der Waals surface area contributed by atoms with Gasteiger partial charge in [-0.25, -0.2) is 4.79 Å². The average Bonchev–Trinajstić information content (AvgIpc) is 2.35. The van der Waals surface area contributed by atoms with Crippen LogP contribution in [0.4, 0.5) is 4.79 Å². The highest BCUT2D eigenvalue weighted by Crippen LogP contribution is 2.28. The van der Waals surface area contributed by atoms with E-state index >= 15 is 0 Å². The van der Waals surface area contributed by atoms with E-state index in [4.69, 9.17) is 4.74 Å². The molecule has 0 saturated carbocycles. The van der Waals surface area contributed by atoms with Gasteiger partial charge in [-0.2, -0.15) is 0 Å². The Morgan fingerprint density at radius 3 is 2.53 bits per heavy atom. The van der Waals surface area contributed by atoms with Crippen molar-refractivity contribution in [3.8, 4) is 0 Å². The van der Waals surface area contributed by atoms with Crippen molar-refractivity contribution in [2.75, 3.05) is 32.9 Å². The van der Waals surface area contributed by atoms with Crippen LogP contribution in [0.1, 0.15) is 26.7 Å². The zero-order chi connectivity index (χ0) is 12.7. The fourth-order valence-corrected chi connectivity index (χ4v) is 1.82. The minimum atomic E-state index is -0.201. The van der Waals surface area contributed by atoms with Crippen molar-refractivity contribution in [1.82, 2.24) is 10.6 Å². The average molecular weight is 244 g/mol. The quantitative estimate of drug-likeness (QED) is 0.667. The number of amides is 2. The summed E-state index contributed by atoms with van der Waals surface area (Å²) in [5, 5.41) is 15.1. The molecule has 2 amide bonds. The minimum Gasteiger partial charge on any atom is -0.396 e. The molecule has 1 heterocycles. The van der Waals surface area contributed by atoms with Crippen LogP contribution in [-0.4, -0.2) is 44.0 Å². The lowest BCUT2D eigenvalue weighted by Gasteiger charge is -2.35. The van der Waals surface area contributed by atoms with E-state index in [0.717, 1.165) is 12.8 Å². The smallest absolute Gasteiger partial charge is 0.314 e. The van der Waals surface area contributed by atoms with Crippen molar-refractivity contribution in [2.24, 2.45) is 11.3 Å². The van der Waals surface area contributed by atoms with Gasteiger partial charge in [-0.1, -0.05) is 13.8 Å². The maximum absolute atomic E-state index is 11.5. The molecule has 100 valence electrons. The van der Waals surface area contributed by atoms with Crippen molar-refractivity contribution >= 4 is 6.03 Å². The molecule has 17 heavy (non-hydrogen) atoms. The normalized spacial score (nSPS) is 19.1. The van der Waals surface area contributed by atoms with Crippen molar-refractivity contribution in [3.63, 3.8) is 0 Å². The number of carbonyl (C=O) groups is 1. The van der Waals surface area contributed by atoms with Gasteiger partial charge in [0.2, 0.25) is 0 Å². The minimum absolute atomic E-state index is 0.0980. The Kier molecular flexibility index (Phi) is 5.71. The topological polar surface area (TPSA) is 70.6 Å². The summed E-state index contributed by atoms with van der Waals surface area (Å²) in [6.45, 7) is 6.70. The summed E-state index contributed by atoms with van der Waals surface area (Å²) in [6.07, 6.45) is 1.60. The van der Waals surface area contributed by atoms with E-state index < -0.39 is 0 Å². The van der Waals surface area contributed by atoms with Gasteiger partial charge in [-0.15, -0.1) is 0 Å². The molecule has 1 aliphatic rings. The molecule has 0 unspecified atom stereocenters. The zero-order valence-electron chi connectivity index (χ0n) is 10.8. The van der Waals surface area contributed by atoms with Gasteiger partial charge in [0.25, 0.3) is 0 Å². The number of carbonyl (C=O) groups excluding carboxylic acids is 1. The van der Waals surface area contributed by atoms with Gasteiger partial charge in [-0.05, 0) is 18.8 Å². The third kappa shape index (κ3) is 4.91. The second-order valence-electron chi connectivity index (χ2n) is 5.23. The Labute approximate surface area is 103 Å². The molecule has 0 aromatic carbocycles. The molecule has 0 aromatic heterocycles. The maximum atomic E-state index is 11.5. The second kappa shape index (κ2) is 6.81. The van der Waals surface area contributed by atoms with Crippen LogP contribution in [0.3, 0.4) is 0 Å². The van der Waals surface area contributed by atoms with Crippen molar-refractivity contribution in [1.29, 1.82) is 0 Å². The first kappa shape index (κ1) is 14.3. The summed E-state index contributed by atoms with van der Waals surface area (Å²) in [5.41, 5.74) is -0.201. The first-order valence-corrected chi connectivity index (χ1v) is 6.28. The van der Waals surface area contributed by atoms with E-state index in [0.29, 0.717) is 32.2 Å². The van der Waals surface area contributed by atoms with Gasteiger partial charge in [0.15, 0.2) is 0 Å². The lowest BCUT2D eigenvalue weighted by Crippen LogP contribution is -2.47. The molecule has 0 aliphatic carbocycles. The molecular weight excluding hydrogens is 220 g/mol. The van der Waals surface area contributed by atoms with Crippen LogP contribution >= 0.6 is 0 Å². The van der Waals surface area contributed by atoms with Crippen LogP contribution in [0, 0.1) is 11.3 Å². The van der Waals surface area contributed by atoms with E-state index in [9.17, 15) is 9.90 Å². The monoisotopic (exact) mass is 244 g/mol.